The molecular weight excluding hydrogens is 286 g/mol. The molecule has 4 heteroatoms. The van der Waals surface area contributed by atoms with Gasteiger partial charge in [0, 0.05) is 18.0 Å². The van der Waals surface area contributed by atoms with Gasteiger partial charge in [-0.15, -0.1) is 0 Å². The molecule has 0 spiro atoms. The largest absolute Gasteiger partial charge is 0.493 e. The Hall–Kier alpha value is -1.71. The molecule has 21 heavy (non-hydrogen) atoms. The molecule has 2 rings (SSSR count). The van der Waals surface area contributed by atoms with E-state index in [-0.39, 0.29) is 0 Å². The van der Waals surface area contributed by atoms with Crippen LogP contribution in [0, 0.1) is 6.92 Å². The maximum absolute atomic E-state index is 5.91. The van der Waals surface area contributed by atoms with Crippen LogP contribution in [0.3, 0.4) is 0 Å². The monoisotopic (exact) mass is 305 g/mol. The van der Waals surface area contributed by atoms with Crippen LogP contribution in [-0.4, -0.2) is 13.2 Å². The van der Waals surface area contributed by atoms with Crippen LogP contribution in [0.15, 0.2) is 42.5 Å². The molecule has 0 amide bonds. The van der Waals surface area contributed by atoms with E-state index in [9.17, 15) is 0 Å². The first-order valence-corrected chi connectivity index (χ1v) is 7.37. The van der Waals surface area contributed by atoms with Crippen LogP contribution in [0.25, 0.3) is 0 Å². The number of halogens is 1. The fraction of sp³-hybridized carbons (Fsp3) is 0.294. The average molecular weight is 306 g/mol. The second-order valence-electron chi connectivity index (χ2n) is 4.81. The molecule has 0 unspecified atom stereocenters. The highest BCUT2D eigenvalue weighted by molar-refractivity contribution is 6.30. The van der Waals surface area contributed by atoms with E-state index in [1.807, 2.05) is 49.4 Å². The highest BCUT2D eigenvalue weighted by atomic mass is 35.5. The first-order chi connectivity index (χ1) is 10.2. The molecule has 0 saturated heterocycles. The van der Waals surface area contributed by atoms with Crippen molar-refractivity contribution in [3.8, 4) is 11.5 Å². The summed E-state index contributed by atoms with van der Waals surface area (Å²) in [4.78, 5) is 0. The Bertz CT molecular complexity index is 587. The molecular formula is C17H20ClNO2. The summed E-state index contributed by atoms with van der Waals surface area (Å²) in [6, 6.07) is 13.4. The fourth-order valence-corrected chi connectivity index (χ4v) is 2.19. The van der Waals surface area contributed by atoms with Crippen molar-refractivity contribution in [3.63, 3.8) is 0 Å². The molecule has 0 saturated carbocycles. The van der Waals surface area contributed by atoms with Gasteiger partial charge >= 0.3 is 0 Å². The molecule has 0 fully saturated rings. The minimum atomic E-state index is 0.524. The Morgan fingerprint density at radius 1 is 1.05 bits per heavy atom. The third-order valence-electron chi connectivity index (χ3n) is 3.09. The van der Waals surface area contributed by atoms with Gasteiger partial charge < -0.3 is 15.2 Å². The van der Waals surface area contributed by atoms with Gasteiger partial charge in [0.1, 0.15) is 11.5 Å². The number of nitrogens with two attached hydrogens (primary N) is 1. The summed E-state index contributed by atoms with van der Waals surface area (Å²) in [5.41, 5.74) is 7.71. The number of aryl methyl sites for hydroxylation is 1. The van der Waals surface area contributed by atoms with Gasteiger partial charge in [0.25, 0.3) is 0 Å². The number of hydrogen-bond donors (Lipinski definition) is 1. The molecule has 112 valence electrons. The van der Waals surface area contributed by atoms with Gasteiger partial charge in [-0.25, -0.2) is 0 Å². The maximum Gasteiger partial charge on any atom is 0.122 e. The van der Waals surface area contributed by atoms with Crippen LogP contribution >= 0.6 is 11.6 Å². The van der Waals surface area contributed by atoms with Crippen molar-refractivity contribution in [2.75, 3.05) is 13.2 Å². The summed E-state index contributed by atoms with van der Waals surface area (Å²) in [5, 5.41) is 0.725. The average Bonchev–Trinajstić information content (AvgIpc) is 2.49. The minimum Gasteiger partial charge on any atom is -0.493 e. The van der Waals surface area contributed by atoms with Crippen LogP contribution in [0.2, 0.25) is 5.02 Å². The summed E-state index contributed by atoms with van der Waals surface area (Å²) in [7, 11) is 0. The quantitative estimate of drug-likeness (QED) is 0.788. The summed E-state index contributed by atoms with van der Waals surface area (Å²) >= 11 is 5.91. The Labute approximate surface area is 130 Å². The van der Waals surface area contributed by atoms with Crippen molar-refractivity contribution in [2.24, 2.45) is 5.73 Å². The lowest BCUT2D eigenvalue weighted by Crippen LogP contribution is -2.06. The Morgan fingerprint density at radius 3 is 2.62 bits per heavy atom. The van der Waals surface area contributed by atoms with E-state index in [0.29, 0.717) is 19.8 Å². The summed E-state index contributed by atoms with van der Waals surface area (Å²) < 4.78 is 11.4. The molecule has 0 aromatic heterocycles. The summed E-state index contributed by atoms with van der Waals surface area (Å²) in [6.45, 7) is 3.73. The van der Waals surface area contributed by atoms with Crippen LogP contribution in [0.5, 0.6) is 11.5 Å². The van der Waals surface area contributed by atoms with Crippen molar-refractivity contribution in [2.45, 2.75) is 19.9 Å². The first-order valence-electron chi connectivity index (χ1n) is 7.00. The molecule has 0 aliphatic carbocycles. The van der Waals surface area contributed by atoms with Crippen molar-refractivity contribution in [3.05, 3.63) is 58.6 Å². The van der Waals surface area contributed by atoms with Gasteiger partial charge in [-0.1, -0.05) is 23.7 Å². The van der Waals surface area contributed by atoms with Crippen molar-refractivity contribution in [1.82, 2.24) is 0 Å². The Morgan fingerprint density at radius 2 is 1.86 bits per heavy atom. The molecule has 3 nitrogen and oxygen atoms in total. The zero-order valence-electron chi connectivity index (χ0n) is 12.1. The van der Waals surface area contributed by atoms with Crippen molar-refractivity contribution in [1.29, 1.82) is 0 Å². The minimum absolute atomic E-state index is 0.524. The zero-order valence-corrected chi connectivity index (χ0v) is 12.9. The van der Waals surface area contributed by atoms with Crippen LogP contribution in [0.1, 0.15) is 17.5 Å². The number of ether oxygens (including phenoxy) is 2. The lowest BCUT2D eigenvalue weighted by Gasteiger charge is -2.10. The van der Waals surface area contributed by atoms with E-state index in [1.165, 1.54) is 0 Å². The van der Waals surface area contributed by atoms with Crippen LogP contribution in [0.4, 0.5) is 0 Å². The lowest BCUT2D eigenvalue weighted by molar-refractivity contribution is 0.246. The van der Waals surface area contributed by atoms with Gasteiger partial charge in [-0.05, 0) is 48.4 Å². The summed E-state index contributed by atoms with van der Waals surface area (Å²) in [5.74, 6) is 1.71. The number of hydrogen-bond acceptors (Lipinski definition) is 3. The SMILES string of the molecule is Cc1cc(Cl)ccc1OCCCOc1cccc(CN)c1. The van der Waals surface area contributed by atoms with Crippen LogP contribution in [-0.2, 0) is 6.54 Å². The van der Waals surface area contributed by atoms with E-state index >= 15 is 0 Å². The third kappa shape index (κ3) is 4.96. The Kier molecular flexibility index (Phi) is 5.90. The zero-order chi connectivity index (χ0) is 15.1. The molecule has 2 aromatic carbocycles. The van der Waals surface area contributed by atoms with Gasteiger partial charge in [-0.2, -0.15) is 0 Å². The highest BCUT2D eigenvalue weighted by Gasteiger charge is 2.01. The van der Waals surface area contributed by atoms with Gasteiger partial charge in [0.05, 0.1) is 13.2 Å². The second-order valence-corrected chi connectivity index (χ2v) is 5.25. The van der Waals surface area contributed by atoms with Gasteiger partial charge in [0.2, 0.25) is 0 Å². The standard InChI is InChI=1S/C17H20ClNO2/c1-13-10-15(18)6-7-17(13)21-9-3-8-20-16-5-2-4-14(11-16)12-19/h2,4-7,10-11H,3,8-9,12,19H2,1H3. The predicted molar refractivity (Wildman–Crippen MR) is 86.1 cm³/mol. The number of rotatable bonds is 7. The van der Waals surface area contributed by atoms with E-state index in [0.717, 1.165) is 34.1 Å². The van der Waals surface area contributed by atoms with Crippen molar-refractivity contribution < 1.29 is 9.47 Å². The topological polar surface area (TPSA) is 44.5 Å². The van der Waals surface area contributed by atoms with Crippen molar-refractivity contribution >= 4 is 11.6 Å². The van der Waals surface area contributed by atoms with E-state index in [2.05, 4.69) is 0 Å². The van der Waals surface area contributed by atoms with Gasteiger partial charge in [-0.3, -0.25) is 0 Å². The normalized spacial score (nSPS) is 10.4. The van der Waals surface area contributed by atoms with E-state index in [1.54, 1.807) is 0 Å². The molecule has 0 heterocycles. The molecule has 0 aliphatic rings. The van der Waals surface area contributed by atoms with Crippen LogP contribution < -0.4 is 15.2 Å². The van der Waals surface area contributed by atoms with Gasteiger partial charge in [0.15, 0.2) is 0 Å². The van der Waals surface area contributed by atoms with E-state index < -0.39 is 0 Å². The summed E-state index contributed by atoms with van der Waals surface area (Å²) in [6.07, 6.45) is 0.814. The fourth-order valence-electron chi connectivity index (χ4n) is 1.97. The van der Waals surface area contributed by atoms with E-state index in [4.69, 9.17) is 26.8 Å². The predicted octanol–water partition coefficient (Wildman–Crippen LogP) is 3.96. The molecule has 2 aromatic rings. The third-order valence-corrected chi connectivity index (χ3v) is 3.32. The Balaban J connectivity index is 1.72. The molecule has 0 atom stereocenters. The molecule has 0 bridgehead atoms. The maximum atomic E-state index is 5.91. The number of benzene rings is 2. The lowest BCUT2D eigenvalue weighted by atomic mass is 10.2. The smallest absolute Gasteiger partial charge is 0.122 e. The molecule has 2 N–H and O–H groups in total. The highest BCUT2D eigenvalue weighted by Crippen LogP contribution is 2.21. The molecule has 0 aliphatic heterocycles. The second kappa shape index (κ2) is 7.91. The first kappa shape index (κ1) is 15.7. The molecule has 0 radical (unpaired) electrons.